The summed E-state index contributed by atoms with van der Waals surface area (Å²) in [4.78, 5) is 68.8. The third-order valence-corrected chi connectivity index (χ3v) is 17.0. The number of aliphatic imine (C=N–C) groups is 2. The Hall–Kier alpha value is -6.33. The lowest BCUT2D eigenvalue weighted by molar-refractivity contribution is -0.136. The standard InChI is InChI=1S/C55H62FN7O8S/c1-29(2)49(59-54(66)68-4)51(64)61-17-6-8-42(61)40-24-37(28-58-40)34-22-38(56)48-44-25-35-21-32(12-13-41(35)63(44)53(71-45(48)26-34)47-15-14-46(72-47)31-10-11-31)36-23-39(57-27-36)43-9-7-18-62(43)52(65)50(60-55(67)69-5)33-16-19-70-30(3)20-33/h12-15,21-22,25-31,33,42-43,49-50,53H,6-11,16-20,23-24H2,1-5H3,(H,59,66)(H,60,67)/t30-,33?,42-,43-,49-,50?,53?/m0/s1. The number of likely N-dealkylation sites (tertiary alicyclic amines) is 2. The molecule has 8 heterocycles. The van der Waals surface area contributed by atoms with E-state index in [1.54, 1.807) is 23.6 Å². The molecular weight excluding hydrogens is 938 g/mol. The first-order chi connectivity index (χ1) is 34.9. The summed E-state index contributed by atoms with van der Waals surface area (Å²) in [6.07, 6.45) is 9.76. The summed E-state index contributed by atoms with van der Waals surface area (Å²) in [5.74, 6) is 0.113. The zero-order valence-electron chi connectivity index (χ0n) is 41.5. The summed E-state index contributed by atoms with van der Waals surface area (Å²) < 4.78 is 41.7. The Kier molecular flexibility index (Phi) is 13.1. The van der Waals surface area contributed by atoms with Gasteiger partial charge in [-0.25, -0.2) is 14.0 Å². The first-order valence-electron chi connectivity index (χ1n) is 25.6. The number of nitrogens with one attached hydrogen (secondary N) is 2. The molecule has 7 aliphatic rings. The van der Waals surface area contributed by atoms with Crippen LogP contribution >= 0.6 is 11.3 Å². The van der Waals surface area contributed by atoms with Gasteiger partial charge in [-0.1, -0.05) is 19.9 Å². The fourth-order valence-electron chi connectivity index (χ4n) is 11.8. The highest BCUT2D eigenvalue weighted by atomic mass is 32.1. The highest BCUT2D eigenvalue weighted by Gasteiger charge is 2.43. The number of carbonyl (C=O) groups excluding carboxylic acids is 4. The van der Waals surface area contributed by atoms with E-state index in [1.165, 1.54) is 31.9 Å². The molecule has 378 valence electrons. The van der Waals surface area contributed by atoms with Crippen molar-refractivity contribution in [1.29, 1.82) is 0 Å². The van der Waals surface area contributed by atoms with Crippen molar-refractivity contribution in [3.63, 3.8) is 0 Å². The molecular formula is C55H62FN7O8S. The summed E-state index contributed by atoms with van der Waals surface area (Å²) in [6.45, 7) is 7.45. The second-order valence-corrected chi connectivity index (χ2v) is 21.9. The Balaban J connectivity index is 0.848. The molecule has 4 aromatic rings. The number of nitrogens with zero attached hydrogens (tertiary/aromatic N) is 5. The van der Waals surface area contributed by atoms with Crippen molar-refractivity contribution < 1.29 is 42.5 Å². The van der Waals surface area contributed by atoms with Crippen molar-refractivity contribution in [2.24, 2.45) is 21.8 Å². The van der Waals surface area contributed by atoms with E-state index in [2.05, 4.69) is 51.6 Å². The lowest BCUT2D eigenvalue weighted by Gasteiger charge is -2.36. The second kappa shape index (κ2) is 19.6. The largest absolute Gasteiger partial charge is 0.464 e. The van der Waals surface area contributed by atoms with Crippen LogP contribution in [0.4, 0.5) is 14.0 Å². The number of halogens is 1. The average Bonchev–Trinajstić information content (AvgIpc) is 4.11. The van der Waals surface area contributed by atoms with Gasteiger partial charge in [-0.3, -0.25) is 24.1 Å². The van der Waals surface area contributed by atoms with Crippen molar-refractivity contribution >= 4 is 68.8 Å². The summed E-state index contributed by atoms with van der Waals surface area (Å²) in [6, 6.07) is 14.4. The molecule has 4 amide bonds. The second-order valence-electron chi connectivity index (χ2n) is 20.7. The predicted octanol–water partition coefficient (Wildman–Crippen LogP) is 9.60. The number of hydrogen-bond acceptors (Lipinski definition) is 11. The Labute approximate surface area is 422 Å². The molecule has 2 aromatic heterocycles. The van der Waals surface area contributed by atoms with Crippen LogP contribution in [0.15, 0.2) is 70.9 Å². The van der Waals surface area contributed by atoms with Crippen LogP contribution in [0.1, 0.15) is 118 Å². The average molecular weight is 1000 g/mol. The van der Waals surface area contributed by atoms with E-state index in [0.29, 0.717) is 68.2 Å². The first kappa shape index (κ1) is 48.0. The van der Waals surface area contributed by atoms with Gasteiger partial charge in [0.25, 0.3) is 0 Å². The Morgan fingerprint density at radius 3 is 2.12 bits per heavy atom. The van der Waals surface area contributed by atoms with Gasteiger partial charge in [0.15, 0.2) is 0 Å². The quantitative estimate of drug-likeness (QED) is 0.142. The van der Waals surface area contributed by atoms with Gasteiger partial charge in [-0.15, -0.1) is 11.3 Å². The minimum absolute atomic E-state index is 0.0115. The Bertz CT molecular complexity index is 2970. The molecule has 17 heteroatoms. The molecule has 0 bridgehead atoms. The Morgan fingerprint density at radius 2 is 1.46 bits per heavy atom. The van der Waals surface area contributed by atoms with Gasteiger partial charge in [0.2, 0.25) is 18.0 Å². The topological polar surface area (TPSA) is 165 Å². The van der Waals surface area contributed by atoms with Crippen LogP contribution in [0.2, 0.25) is 0 Å². The number of methoxy groups -OCH3 is 2. The fraction of sp³-hybridized carbons (Fsp3) is 0.491. The monoisotopic (exact) mass is 999 g/mol. The van der Waals surface area contributed by atoms with Crippen molar-refractivity contribution in [3.8, 4) is 17.0 Å². The van der Waals surface area contributed by atoms with Crippen LogP contribution in [0.3, 0.4) is 0 Å². The minimum Gasteiger partial charge on any atom is -0.464 e. The molecule has 7 atom stereocenters. The van der Waals surface area contributed by atoms with Gasteiger partial charge < -0.3 is 39.4 Å². The van der Waals surface area contributed by atoms with Gasteiger partial charge in [0, 0.05) is 66.6 Å². The summed E-state index contributed by atoms with van der Waals surface area (Å²) in [5.41, 5.74) is 7.32. The molecule has 11 rings (SSSR count). The number of thiophene rings is 1. The SMILES string of the molecule is COC(=O)NC(C(=O)N1CCC[C@H]1C1=NC=C(c2ccc3c(c2)cc2n3C(c3ccc(C4CC4)s3)Oc3cc(C4=CN=C([C@@H]5CCCN5C(=O)[C@@H](NC(=O)OC)C(C)C)C4)cc(F)c3-2)C1)C1CCO[C@@H](C)C1. The molecule has 72 heavy (non-hydrogen) atoms. The van der Waals surface area contributed by atoms with Crippen LogP contribution in [0.25, 0.3) is 33.3 Å². The number of amides is 4. The van der Waals surface area contributed by atoms with Crippen LogP contribution in [0.5, 0.6) is 5.75 Å². The number of alkyl carbamates (subject to hydrolysis) is 2. The van der Waals surface area contributed by atoms with E-state index in [1.807, 2.05) is 42.8 Å². The highest BCUT2D eigenvalue weighted by molar-refractivity contribution is 7.12. The van der Waals surface area contributed by atoms with Crippen molar-refractivity contribution in [2.75, 3.05) is 33.9 Å². The predicted molar refractivity (Wildman–Crippen MR) is 274 cm³/mol. The van der Waals surface area contributed by atoms with Gasteiger partial charge in [0.1, 0.15) is 23.7 Å². The zero-order chi connectivity index (χ0) is 49.9. The molecule has 0 spiro atoms. The Morgan fingerprint density at radius 1 is 0.792 bits per heavy atom. The first-order valence-corrected chi connectivity index (χ1v) is 26.4. The molecule has 0 radical (unpaired) electrons. The van der Waals surface area contributed by atoms with E-state index in [9.17, 15) is 19.2 Å². The van der Waals surface area contributed by atoms with Crippen LogP contribution in [-0.4, -0.2) is 114 Å². The normalized spacial score (nSPS) is 24.5. The number of rotatable bonds is 12. The molecule has 2 N–H and O–H groups in total. The molecule has 6 aliphatic heterocycles. The van der Waals surface area contributed by atoms with Gasteiger partial charge in [-0.2, -0.15) is 0 Å². The summed E-state index contributed by atoms with van der Waals surface area (Å²) in [7, 11) is 2.60. The molecule has 1 aliphatic carbocycles. The number of fused-ring (bicyclic) bond motifs is 5. The van der Waals surface area contributed by atoms with E-state index in [-0.39, 0.29) is 41.8 Å². The van der Waals surface area contributed by atoms with Gasteiger partial charge >= 0.3 is 12.2 Å². The number of hydrogen-bond donors (Lipinski definition) is 2. The minimum atomic E-state index is -0.739. The summed E-state index contributed by atoms with van der Waals surface area (Å²) in [5, 5.41) is 6.52. The highest BCUT2D eigenvalue weighted by Crippen LogP contribution is 2.50. The number of aromatic nitrogens is 1. The third-order valence-electron chi connectivity index (χ3n) is 15.7. The maximum atomic E-state index is 17.0. The maximum absolute atomic E-state index is 17.0. The number of ether oxygens (including phenoxy) is 4. The maximum Gasteiger partial charge on any atom is 0.407 e. The number of benzene rings is 2. The van der Waals surface area contributed by atoms with Crippen LogP contribution in [-0.2, 0) is 23.8 Å². The number of carbonyl (C=O) groups is 4. The summed E-state index contributed by atoms with van der Waals surface area (Å²) >= 11 is 1.75. The molecule has 4 fully saturated rings. The van der Waals surface area contributed by atoms with E-state index >= 15 is 4.39 Å². The molecule has 2 aromatic carbocycles. The van der Waals surface area contributed by atoms with Gasteiger partial charge in [0.05, 0.1) is 54.1 Å². The molecule has 15 nitrogen and oxygen atoms in total. The van der Waals surface area contributed by atoms with Crippen LogP contribution < -0.4 is 15.4 Å². The van der Waals surface area contributed by atoms with Crippen molar-refractivity contribution in [3.05, 3.63) is 87.6 Å². The van der Waals surface area contributed by atoms with Crippen molar-refractivity contribution in [1.82, 2.24) is 25.0 Å². The third kappa shape index (κ3) is 9.00. The fourth-order valence-corrected chi connectivity index (χ4v) is 13.0. The molecule has 1 saturated carbocycles. The lowest BCUT2D eigenvalue weighted by Crippen LogP contribution is -2.55. The lowest BCUT2D eigenvalue weighted by atomic mass is 9.87. The van der Waals surface area contributed by atoms with Crippen molar-refractivity contribution in [2.45, 2.75) is 127 Å². The van der Waals surface area contributed by atoms with E-state index < -0.39 is 36.3 Å². The number of allylic oxidation sites excluding steroid dienone is 2. The van der Waals surface area contributed by atoms with Crippen LogP contribution in [0, 0.1) is 17.7 Å². The zero-order valence-corrected chi connectivity index (χ0v) is 42.3. The smallest absolute Gasteiger partial charge is 0.407 e. The van der Waals surface area contributed by atoms with E-state index in [4.69, 9.17) is 28.9 Å². The van der Waals surface area contributed by atoms with Gasteiger partial charge in [-0.05, 0) is 141 Å². The van der Waals surface area contributed by atoms with E-state index in [0.717, 1.165) is 75.3 Å². The molecule has 3 saturated heterocycles. The molecule has 3 unspecified atom stereocenters.